The van der Waals surface area contributed by atoms with E-state index in [2.05, 4.69) is 41.5 Å². The number of nitrogens with zero attached hydrogens (tertiary/aromatic N) is 5. The van der Waals surface area contributed by atoms with Crippen LogP contribution in [-0.4, -0.2) is 69.9 Å². The lowest BCUT2D eigenvalue weighted by molar-refractivity contribution is -0.131. The van der Waals surface area contributed by atoms with Crippen molar-refractivity contribution in [1.29, 1.82) is 0 Å². The topological polar surface area (TPSA) is 89.8 Å². The number of carbonyl (C=O) groups is 2. The summed E-state index contributed by atoms with van der Waals surface area (Å²) in [6.07, 6.45) is 0.190. The molecule has 1 fully saturated rings. The second kappa shape index (κ2) is 9.87. The Balaban J connectivity index is 1.18. The van der Waals surface area contributed by atoms with Gasteiger partial charge < -0.3 is 19.3 Å². The highest BCUT2D eigenvalue weighted by Gasteiger charge is 2.32. The molecule has 9 heteroatoms. The molecule has 1 unspecified atom stereocenters. The zero-order valence-electron chi connectivity index (χ0n) is 20.0. The van der Waals surface area contributed by atoms with Gasteiger partial charge in [-0.3, -0.25) is 9.59 Å². The van der Waals surface area contributed by atoms with Crippen molar-refractivity contribution in [3.8, 4) is 5.75 Å². The van der Waals surface area contributed by atoms with Crippen molar-refractivity contribution >= 4 is 11.8 Å². The Kier molecular flexibility index (Phi) is 6.50. The van der Waals surface area contributed by atoms with E-state index < -0.39 is 0 Å². The minimum absolute atomic E-state index is 0.0435. The van der Waals surface area contributed by atoms with E-state index in [1.807, 2.05) is 24.3 Å². The summed E-state index contributed by atoms with van der Waals surface area (Å²) >= 11 is 0. The van der Waals surface area contributed by atoms with Crippen LogP contribution in [0.15, 0.2) is 48.5 Å². The number of fused-ring (bicyclic) bond motifs is 1. The van der Waals surface area contributed by atoms with E-state index in [-0.39, 0.29) is 24.5 Å². The third kappa shape index (κ3) is 4.90. The molecular weight excluding hydrogens is 446 g/mol. The van der Waals surface area contributed by atoms with Gasteiger partial charge in [0.1, 0.15) is 11.9 Å². The van der Waals surface area contributed by atoms with Crippen LogP contribution in [-0.2, 0) is 29.1 Å². The molecule has 35 heavy (non-hydrogen) atoms. The number of rotatable bonds is 5. The Morgan fingerprint density at radius 2 is 1.80 bits per heavy atom. The molecule has 0 bridgehead atoms. The number of hydrogen-bond donors (Lipinski definition) is 0. The molecule has 0 radical (unpaired) electrons. The number of benzene rings is 2. The standard InChI is InChI=1S/C26H29N5O4/c1-18-6-8-20(9-7-18)23-16-31-22(17-35-23)25(27-28-31)26(33)30-12-10-29(11-13-30)24(32)15-19-4-3-5-21(14-19)34-2/h3-9,14,23H,10-13,15-17H2,1-2H3. The Bertz CT molecular complexity index is 1210. The largest absolute Gasteiger partial charge is 0.497 e. The molecule has 9 nitrogen and oxygen atoms in total. The minimum atomic E-state index is -0.163. The molecular formula is C26H29N5O4. The molecule has 2 aliphatic heterocycles. The van der Waals surface area contributed by atoms with Gasteiger partial charge in [-0.05, 0) is 30.2 Å². The minimum Gasteiger partial charge on any atom is -0.497 e. The summed E-state index contributed by atoms with van der Waals surface area (Å²) in [6, 6.07) is 15.8. The van der Waals surface area contributed by atoms with Gasteiger partial charge in [-0.15, -0.1) is 5.10 Å². The van der Waals surface area contributed by atoms with E-state index in [9.17, 15) is 9.59 Å². The number of piperazine rings is 1. The van der Waals surface area contributed by atoms with Crippen LogP contribution in [0.3, 0.4) is 0 Å². The van der Waals surface area contributed by atoms with Crippen molar-refractivity contribution in [1.82, 2.24) is 24.8 Å². The predicted molar refractivity (Wildman–Crippen MR) is 128 cm³/mol. The Labute approximate surface area is 204 Å². The molecule has 2 amide bonds. The number of methoxy groups -OCH3 is 1. The molecule has 2 aromatic carbocycles. The van der Waals surface area contributed by atoms with Gasteiger partial charge >= 0.3 is 0 Å². The van der Waals surface area contributed by atoms with Crippen LogP contribution in [0, 0.1) is 6.92 Å². The van der Waals surface area contributed by atoms with Gasteiger partial charge in [-0.25, -0.2) is 4.68 Å². The zero-order valence-corrected chi connectivity index (χ0v) is 20.0. The van der Waals surface area contributed by atoms with Crippen LogP contribution in [0.1, 0.15) is 39.0 Å². The monoisotopic (exact) mass is 475 g/mol. The molecule has 0 aliphatic carbocycles. The van der Waals surface area contributed by atoms with Crippen molar-refractivity contribution in [2.24, 2.45) is 0 Å². The first-order valence-corrected chi connectivity index (χ1v) is 11.8. The summed E-state index contributed by atoms with van der Waals surface area (Å²) in [5.74, 6) is 0.613. The van der Waals surface area contributed by atoms with Gasteiger partial charge in [0.25, 0.3) is 5.91 Å². The first-order chi connectivity index (χ1) is 17.0. The molecule has 1 aromatic heterocycles. The molecule has 3 heterocycles. The van der Waals surface area contributed by atoms with Crippen molar-refractivity contribution in [2.45, 2.75) is 32.6 Å². The highest BCUT2D eigenvalue weighted by molar-refractivity contribution is 5.93. The Morgan fingerprint density at radius 3 is 2.54 bits per heavy atom. The van der Waals surface area contributed by atoms with Crippen molar-refractivity contribution < 1.29 is 19.1 Å². The van der Waals surface area contributed by atoms with Crippen LogP contribution in [0.2, 0.25) is 0 Å². The average molecular weight is 476 g/mol. The van der Waals surface area contributed by atoms with Crippen molar-refractivity contribution in [2.75, 3.05) is 33.3 Å². The third-order valence-corrected chi connectivity index (χ3v) is 6.66. The van der Waals surface area contributed by atoms with Gasteiger partial charge in [0, 0.05) is 26.2 Å². The summed E-state index contributed by atoms with van der Waals surface area (Å²) in [5, 5.41) is 8.43. The average Bonchev–Trinajstić information content (AvgIpc) is 3.32. The number of ether oxygens (including phenoxy) is 2. The predicted octanol–water partition coefficient (Wildman–Crippen LogP) is 2.39. The number of aromatic nitrogens is 3. The number of amides is 2. The Hall–Kier alpha value is -3.72. The number of hydrogen-bond acceptors (Lipinski definition) is 6. The van der Waals surface area contributed by atoms with E-state index in [4.69, 9.17) is 9.47 Å². The summed E-state index contributed by atoms with van der Waals surface area (Å²) in [6.45, 7) is 4.75. The maximum absolute atomic E-state index is 13.2. The maximum atomic E-state index is 13.2. The van der Waals surface area contributed by atoms with Crippen molar-refractivity contribution in [3.05, 3.63) is 76.6 Å². The number of aryl methyl sites for hydroxylation is 1. The Morgan fingerprint density at radius 1 is 1.06 bits per heavy atom. The van der Waals surface area contributed by atoms with Crippen molar-refractivity contribution in [3.63, 3.8) is 0 Å². The van der Waals surface area contributed by atoms with Crippen LogP contribution in [0.25, 0.3) is 0 Å². The molecule has 5 rings (SSSR count). The normalized spacial score (nSPS) is 17.7. The molecule has 0 saturated carbocycles. The van der Waals surface area contributed by atoms with E-state index >= 15 is 0 Å². The van der Waals surface area contributed by atoms with E-state index in [1.165, 1.54) is 5.56 Å². The molecule has 1 atom stereocenters. The van der Waals surface area contributed by atoms with Gasteiger partial charge in [0.2, 0.25) is 5.91 Å². The highest BCUT2D eigenvalue weighted by Crippen LogP contribution is 2.27. The first kappa shape index (κ1) is 23.0. The van der Waals surface area contributed by atoms with Gasteiger partial charge in [-0.1, -0.05) is 47.2 Å². The summed E-state index contributed by atoms with van der Waals surface area (Å²) in [4.78, 5) is 29.5. The molecule has 182 valence electrons. The fourth-order valence-electron chi connectivity index (χ4n) is 4.54. The van der Waals surface area contributed by atoms with Gasteiger partial charge in [0.15, 0.2) is 5.69 Å². The van der Waals surface area contributed by atoms with E-state index in [0.29, 0.717) is 50.5 Å². The summed E-state index contributed by atoms with van der Waals surface area (Å²) in [5.41, 5.74) is 4.23. The fraction of sp³-hybridized carbons (Fsp3) is 0.385. The summed E-state index contributed by atoms with van der Waals surface area (Å²) < 4.78 is 13.1. The molecule has 0 spiro atoms. The maximum Gasteiger partial charge on any atom is 0.276 e. The first-order valence-electron chi connectivity index (χ1n) is 11.8. The lowest BCUT2D eigenvalue weighted by Crippen LogP contribution is -2.51. The van der Waals surface area contributed by atoms with Gasteiger partial charge in [0.05, 0.1) is 32.4 Å². The second-order valence-electron chi connectivity index (χ2n) is 8.98. The lowest BCUT2D eigenvalue weighted by atomic mass is 10.1. The third-order valence-electron chi connectivity index (χ3n) is 6.66. The SMILES string of the molecule is COc1cccc(CC(=O)N2CCN(C(=O)c3nnn4c3COC(c3ccc(C)cc3)C4)CC2)c1. The van der Waals surface area contributed by atoms with Crippen LogP contribution in [0.4, 0.5) is 0 Å². The second-order valence-corrected chi connectivity index (χ2v) is 8.98. The van der Waals surface area contributed by atoms with E-state index in [1.54, 1.807) is 21.6 Å². The fourth-order valence-corrected chi connectivity index (χ4v) is 4.54. The molecule has 1 saturated heterocycles. The molecule has 0 N–H and O–H groups in total. The molecule has 2 aliphatic rings. The lowest BCUT2D eigenvalue weighted by Gasteiger charge is -2.34. The van der Waals surface area contributed by atoms with Crippen LogP contribution < -0.4 is 4.74 Å². The quantitative estimate of drug-likeness (QED) is 0.563. The van der Waals surface area contributed by atoms with Crippen LogP contribution >= 0.6 is 0 Å². The zero-order chi connectivity index (χ0) is 24.4. The molecule has 3 aromatic rings. The smallest absolute Gasteiger partial charge is 0.276 e. The number of carbonyl (C=O) groups excluding carboxylic acids is 2. The highest BCUT2D eigenvalue weighted by atomic mass is 16.5. The van der Waals surface area contributed by atoms with E-state index in [0.717, 1.165) is 16.9 Å². The van der Waals surface area contributed by atoms with Crippen LogP contribution in [0.5, 0.6) is 5.75 Å². The van der Waals surface area contributed by atoms with Gasteiger partial charge in [-0.2, -0.15) is 0 Å². The summed E-state index contributed by atoms with van der Waals surface area (Å²) in [7, 11) is 1.61.